The molecule has 0 aliphatic carbocycles. The number of imidazole rings is 1. The Balaban J connectivity index is 1.53. The Morgan fingerprint density at radius 3 is 2.69 bits per heavy atom. The Bertz CT molecular complexity index is 1690. The number of fused-ring (bicyclic) bond motifs is 3. The van der Waals surface area contributed by atoms with Crippen molar-refractivity contribution in [2.75, 3.05) is 0 Å². The third-order valence-electron chi connectivity index (χ3n) is 7.71. The maximum Gasteiger partial charge on any atom is 0.303 e. The molecule has 5 aromatic rings. The Morgan fingerprint density at radius 2 is 1.97 bits per heavy atom. The van der Waals surface area contributed by atoms with Gasteiger partial charge in [-0.2, -0.15) is 5.10 Å². The van der Waals surface area contributed by atoms with E-state index in [0.29, 0.717) is 24.3 Å². The molecule has 1 aliphatic heterocycles. The first-order chi connectivity index (χ1) is 18.7. The summed E-state index contributed by atoms with van der Waals surface area (Å²) in [5.41, 5.74) is 4.09. The molecule has 39 heavy (non-hydrogen) atoms. The van der Waals surface area contributed by atoms with Crippen molar-refractivity contribution in [3.63, 3.8) is 0 Å². The summed E-state index contributed by atoms with van der Waals surface area (Å²) in [5, 5.41) is 19.5. The largest absolute Gasteiger partial charge is 0.481 e. The summed E-state index contributed by atoms with van der Waals surface area (Å²) in [6.45, 7) is 2.10. The number of carboxylic acid groups (broad SMARTS) is 1. The minimum absolute atomic E-state index is 0.0390. The average Bonchev–Trinajstić information content (AvgIpc) is 3.63. The van der Waals surface area contributed by atoms with E-state index < -0.39 is 17.0 Å². The van der Waals surface area contributed by atoms with Crippen molar-refractivity contribution in [1.29, 1.82) is 0 Å². The molecule has 200 valence electrons. The van der Waals surface area contributed by atoms with Gasteiger partial charge in [-0.3, -0.25) is 14.8 Å². The van der Waals surface area contributed by atoms with Crippen LogP contribution in [-0.2, 0) is 29.3 Å². The number of hydrogen-bond acceptors (Lipinski definition) is 4. The van der Waals surface area contributed by atoms with Gasteiger partial charge < -0.3 is 15.1 Å². The summed E-state index contributed by atoms with van der Waals surface area (Å²) in [5.74, 6) is -0.412. The summed E-state index contributed by atoms with van der Waals surface area (Å²) >= 11 is 6.36. The van der Waals surface area contributed by atoms with Crippen molar-refractivity contribution in [3.05, 3.63) is 94.5 Å². The molecule has 4 N–H and O–H groups in total. The molecule has 8 nitrogen and oxygen atoms in total. The van der Waals surface area contributed by atoms with Crippen LogP contribution in [0, 0.1) is 5.82 Å². The number of rotatable bonds is 7. The lowest BCUT2D eigenvalue weighted by molar-refractivity contribution is -0.137. The van der Waals surface area contributed by atoms with Gasteiger partial charge in [-0.25, -0.2) is 9.37 Å². The average molecular weight is 547 g/mol. The van der Waals surface area contributed by atoms with Crippen LogP contribution in [0.1, 0.15) is 48.8 Å². The van der Waals surface area contributed by atoms with Gasteiger partial charge in [0.25, 0.3) is 0 Å². The SMILES string of the molecule is Cn1cc(C2(CCCC(=O)O)N[C@@](C)(c3ncc(-c4ccc(F)cc4)[nH]3)Cc3c2[nH]c2cc(Cl)ccc32)cn1. The lowest BCUT2D eigenvalue weighted by Gasteiger charge is -2.47. The number of halogens is 2. The number of hydrogen-bond donors (Lipinski definition) is 4. The molecule has 2 aromatic carbocycles. The molecule has 0 radical (unpaired) electrons. The van der Waals surface area contributed by atoms with Gasteiger partial charge in [0.1, 0.15) is 11.6 Å². The second-order valence-corrected chi connectivity index (χ2v) is 10.9. The van der Waals surface area contributed by atoms with Crippen LogP contribution >= 0.6 is 11.6 Å². The second kappa shape index (κ2) is 9.36. The van der Waals surface area contributed by atoms with Crippen molar-refractivity contribution in [3.8, 4) is 11.3 Å². The Labute approximate surface area is 229 Å². The first-order valence-corrected chi connectivity index (χ1v) is 13.2. The van der Waals surface area contributed by atoms with Crippen molar-refractivity contribution in [2.24, 2.45) is 7.05 Å². The van der Waals surface area contributed by atoms with Gasteiger partial charge in [0.2, 0.25) is 0 Å². The van der Waals surface area contributed by atoms with Gasteiger partial charge >= 0.3 is 5.97 Å². The standard InChI is InChI=1S/C29H28ClFN6O2/c1-28(27-32-15-24(35-27)17-5-8-20(31)9-6-17)13-22-21-10-7-19(30)12-23(21)34-26(22)29(36-28,11-3-4-25(38)39)18-14-33-37(2)16-18/h5-10,12,14-16,34,36H,3-4,11,13H2,1-2H3,(H,32,35)(H,38,39)/t28-,29?/m1/s1. The second-order valence-electron chi connectivity index (χ2n) is 10.5. The highest BCUT2D eigenvalue weighted by molar-refractivity contribution is 6.31. The van der Waals surface area contributed by atoms with E-state index in [2.05, 4.69) is 27.3 Å². The zero-order valence-corrected chi connectivity index (χ0v) is 22.3. The number of benzene rings is 2. The summed E-state index contributed by atoms with van der Waals surface area (Å²) in [6, 6.07) is 12.1. The monoisotopic (exact) mass is 546 g/mol. The maximum absolute atomic E-state index is 13.5. The number of aromatic nitrogens is 5. The molecule has 6 rings (SSSR count). The van der Waals surface area contributed by atoms with Gasteiger partial charge in [-0.1, -0.05) is 17.7 Å². The summed E-state index contributed by atoms with van der Waals surface area (Å²) < 4.78 is 15.3. The van der Waals surface area contributed by atoms with Crippen molar-refractivity contribution in [2.45, 2.75) is 43.7 Å². The van der Waals surface area contributed by atoms with Crippen molar-refractivity contribution < 1.29 is 14.3 Å². The summed E-state index contributed by atoms with van der Waals surface area (Å²) in [6.07, 6.45) is 7.16. The lowest BCUT2D eigenvalue weighted by atomic mass is 9.72. The third-order valence-corrected chi connectivity index (χ3v) is 7.94. The van der Waals surface area contributed by atoms with E-state index in [-0.39, 0.29) is 12.2 Å². The van der Waals surface area contributed by atoms with E-state index in [1.54, 1.807) is 23.0 Å². The topological polar surface area (TPSA) is 112 Å². The normalized spacial score (nSPS) is 20.8. The number of aliphatic carboxylic acids is 1. The number of nitrogens with zero attached hydrogens (tertiary/aromatic N) is 3. The molecule has 4 heterocycles. The van der Waals surface area contributed by atoms with Crippen LogP contribution in [-0.4, -0.2) is 35.8 Å². The molecule has 0 amide bonds. The zero-order chi connectivity index (χ0) is 27.4. The van der Waals surface area contributed by atoms with E-state index in [1.165, 1.54) is 12.1 Å². The number of nitrogens with one attached hydrogen (secondary N) is 3. The highest BCUT2D eigenvalue weighted by Crippen LogP contribution is 2.47. The molecule has 0 saturated heterocycles. The summed E-state index contributed by atoms with van der Waals surface area (Å²) in [4.78, 5) is 23.4. The smallest absolute Gasteiger partial charge is 0.303 e. The van der Waals surface area contributed by atoms with Gasteiger partial charge in [0.15, 0.2) is 0 Å². The minimum Gasteiger partial charge on any atom is -0.481 e. The van der Waals surface area contributed by atoms with E-state index in [0.717, 1.165) is 44.8 Å². The molecular formula is C29H28ClFN6O2. The van der Waals surface area contributed by atoms with Crippen LogP contribution in [0.4, 0.5) is 4.39 Å². The fourth-order valence-electron chi connectivity index (χ4n) is 5.92. The first-order valence-electron chi connectivity index (χ1n) is 12.8. The molecule has 0 spiro atoms. The van der Waals surface area contributed by atoms with Crippen molar-refractivity contribution in [1.82, 2.24) is 30.0 Å². The lowest BCUT2D eigenvalue weighted by Crippen LogP contribution is -2.58. The molecule has 0 fully saturated rings. The summed E-state index contributed by atoms with van der Waals surface area (Å²) in [7, 11) is 1.86. The van der Waals surface area contributed by atoms with Crippen LogP contribution in [0.3, 0.4) is 0 Å². The molecule has 0 saturated carbocycles. The van der Waals surface area contributed by atoms with Gasteiger partial charge in [-0.05, 0) is 67.3 Å². The van der Waals surface area contributed by atoms with E-state index in [9.17, 15) is 14.3 Å². The van der Waals surface area contributed by atoms with Gasteiger partial charge in [0, 0.05) is 53.3 Å². The molecule has 1 unspecified atom stereocenters. The third kappa shape index (κ3) is 4.41. The highest BCUT2D eigenvalue weighted by atomic mass is 35.5. The Hall–Kier alpha value is -3.95. The Morgan fingerprint density at radius 1 is 1.18 bits per heavy atom. The fourth-order valence-corrected chi connectivity index (χ4v) is 6.09. The van der Waals surface area contributed by atoms with Gasteiger partial charge in [-0.15, -0.1) is 0 Å². The van der Waals surface area contributed by atoms with Crippen molar-refractivity contribution >= 4 is 28.5 Å². The maximum atomic E-state index is 13.5. The number of carbonyl (C=O) groups is 1. The molecule has 10 heteroatoms. The number of aryl methyl sites for hydroxylation is 1. The van der Waals surface area contributed by atoms with Crippen LogP contribution < -0.4 is 5.32 Å². The highest BCUT2D eigenvalue weighted by Gasteiger charge is 2.50. The van der Waals surface area contributed by atoms with Crippen LogP contribution in [0.25, 0.3) is 22.2 Å². The quantitative estimate of drug-likeness (QED) is 0.211. The van der Waals surface area contributed by atoms with E-state index >= 15 is 0 Å². The van der Waals surface area contributed by atoms with Crippen LogP contribution in [0.2, 0.25) is 5.02 Å². The van der Waals surface area contributed by atoms with E-state index in [4.69, 9.17) is 16.6 Å². The molecule has 1 aliphatic rings. The molecule has 2 atom stereocenters. The molecular weight excluding hydrogens is 519 g/mol. The Kier molecular flexibility index (Phi) is 6.08. The van der Waals surface area contributed by atoms with E-state index in [1.807, 2.05) is 37.6 Å². The molecule has 3 aromatic heterocycles. The predicted octanol–water partition coefficient (Wildman–Crippen LogP) is 5.64. The van der Waals surface area contributed by atoms with Crippen LogP contribution in [0.5, 0.6) is 0 Å². The minimum atomic E-state index is -0.839. The number of aromatic amines is 2. The predicted molar refractivity (Wildman–Crippen MR) is 147 cm³/mol. The fraction of sp³-hybridized carbons (Fsp3) is 0.276. The number of carboxylic acids is 1. The zero-order valence-electron chi connectivity index (χ0n) is 21.6. The van der Waals surface area contributed by atoms with Gasteiger partial charge in [0.05, 0.1) is 29.2 Å². The molecule has 0 bridgehead atoms. The first kappa shape index (κ1) is 25.3. The van der Waals surface area contributed by atoms with Crippen LogP contribution in [0.15, 0.2) is 61.1 Å². The number of H-pyrrole nitrogens is 2.